The summed E-state index contributed by atoms with van der Waals surface area (Å²) >= 11 is 5.71. The molecule has 1 amide bonds. The normalized spacial score (nSPS) is 12.4. The van der Waals surface area contributed by atoms with Crippen molar-refractivity contribution in [3.05, 3.63) is 35.3 Å². The molecule has 1 N–H and O–H groups in total. The summed E-state index contributed by atoms with van der Waals surface area (Å²) in [6.45, 7) is 1.82. The Labute approximate surface area is 103 Å². The Kier molecular flexibility index (Phi) is 3.14. The van der Waals surface area contributed by atoms with Crippen molar-refractivity contribution < 1.29 is 9.21 Å². The number of amides is 1. The molecule has 90 valence electrons. The van der Waals surface area contributed by atoms with E-state index in [0.29, 0.717) is 11.4 Å². The number of carbonyl (C=O) groups is 1. The van der Waals surface area contributed by atoms with Crippen LogP contribution in [0.3, 0.4) is 0 Å². The van der Waals surface area contributed by atoms with Crippen LogP contribution in [-0.4, -0.2) is 20.7 Å². The van der Waals surface area contributed by atoms with Gasteiger partial charge in [0.15, 0.2) is 5.82 Å². The molecule has 0 fully saturated rings. The number of nitrogens with one attached hydrogen (secondary N) is 1. The smallest absolute Gasteiger partial charge is 0.256 e. The SMILES string of the molecule is CC(NC(=O)c1ccoc1Cl)c1nncn1C. The van der Waals surface area contributed by atoms with Crippen molar-refractivity contribution in [2.75, 3.05) is 0 Å². The van der Waals surface area contributed by atoms with Gasteiger partial charge in [-0.15, -0.1) is 10.2 Å². The molecule has 0 aliphatic heterocycles. The zero-order valence-electron chi connectivity index (χ0n) is 9.35. The Bertz CT molecular complexity index is 534. The summed E-state index contributed by atoms with van der Waals surface area (Å²) in [6, 6.07) is 1.25. The number of furan rings is 1. The molecule has 1 atom stereocenters. The molecule has 17 heavy (non-hydrogen) atoms. The molecular weight excluding hydrogens is 244 g/mol. The average Bonchev–Trinajstić information content (AvgIpc) is 2.86. The van der Waals surface area contributed by atoms with E-state index in [-0.39, 0.29) is 17.2 Å². The second-order valence-electron chi connectivity index (χ2n) is 3.60. The fourth-order valence-electron chi connectivity index (χ4n) is 1.48. The van der Waals surface area contributed by atoms with E-state index in [2.05, 4.69) is 15.5 Å². The number of carbonyl (C=O) groups excluding carboxylic acids is 1. The lowest BCUT2D eigenvalue weighted by molar-refractivity contribution is 0.0937. The van der Waals surface area contributed by atoms with Crippen LogP contribution in [0.15, 0.2) is 23.1 Å². The molecule has 0 aliphatic carbocycles. The lowest BCUT2D eigenvalue weighted by Crippen LogP contribution is -2.28. The van der Waals surface area contributed by atoms with Crippen LogP contribution < -0.4 is 5.32 Å². The maximum absolute atomic E-state index is 11.8. The topological polar surface area (TPSA) is 73.0 Å². The Hall–Kier alpha value is -1.82. The van der Waals surface area contributed by atoms with Crippen molar-refractivity contribution in [1.82, 2.24) is 20.1 Å². The van der Waals surface area contributed by atoms with Gasteiger partial charge in [0.2, 0.25) is 5.22 Å². The number of hydrogen-bond donors (Lipinski definition) is 1. The van der Waals surface area contributed by atoms with Crippen molar-refractivity contribution in [3.8, 4) is 0 Å². The lowest BCUT2D eigenvalue weighted by atomic mass is 10.2. The van der Waals surface area contributed by atoms with Gasteiger partial charge in [-0.25, -0.2) is 0 Å². The fraction of sp³-hybridized carbons (Fsp3) is 0.300. The fourth-order valence-corrected chi connectivity index (χ4v) is 1.68. The molecule has 2 aromatic heterocycles. The van der Waals surface area contributed by atoms with Crippen molar-refractivity contribution in [1.29, 1.82) is 0 Å². The number of aromatic nitrogens is 3. The van der Waals surface area contributed by atoms with Crippen molar-refractivity contribution in [2.24, 2.45) is 7.05 Å². The highest BCUT2D eigenvalue weighted by Gasteiger charge is 2.18. The molecule has 2 rings (SSSR count). The van der Waals surface area contributed by atoms with Gasteiger partial charge >= 0.3 is 0 Å². The zero-order chi connectivity index (χ0) is 12.4. The van der Waals surface area contributed by atoms with Crippen LogP contribution >= 0.6 is 11.6 Å². The van der Waals surface area contributed by atoms with E-state index in [4.69, 9.17) is 16.0 Å². The van der Waals surface area contributed by atoms with Crippen LogP contribution in [0.5, 0.6) is 0 Å². The van der Waals surface area contributed by atoms with E-state index in [1.54, 1.807) is 10.9 Å². The van der Waals surface area contributed by atoms with Gasteiger partial charge in [0.25, 0.3) is 5.91 Å². The molecule has 6 nitrogen and oxygen atoms in total. The average molecular weight is 255 g/mol. The molecule has 0 saturated carbocycles. The minimum atomic E-state index is -0.306. The van der Waals surface area contributed by atoms with Gasteiger partial charge in [0.05, 0.1) is 17.9 Å². The molecule has 2 heterocycles. The van der Waals surface area contributed by atoms with E-state index < -0.39 is 0 Å². The van der Waals surface area contributed by atoms with Crippen LogP contribution in [0.25, 0.3) is 0 Å². The van der Waals surface area contributed by atoms with Crippen LogP contribution in [0.2, 0.25) is 5.22 Å². The first-order chi connectivity index (χ1) is 8.09. The lowest BCUT2D eigenvalue weighted by Gasteiger charge is -2.12. The van der Waals surface area contributed by atoms with E-state index in [1.807, 2.05) is 14.0 Å². The van der Waals surface area contributed by atoms with E-state index >= 15 is 0 Å². The molecule has 1 unspecified atom stereocenters. The quantitative estimate of drug-likeness (QED) is 0.902. The van der Waals surface area contributed by atoms with Crippen molar-refractivity contribution in [3.63, 3.8) is 0 Å². The van der Waals surface area contributed by atoms with Crippen LogP contribution in [0, 0.1) is 0 Å². The summed E-state index contributed by atoms with van der Waals surface area (Å²) in [5.41, 5.74) is 0.306. The third-order valence-corrected chi connectivity index (χ3v) is 2.64. The highest BCUT2D eigenvalue weighted by molar-refractivity contribution is 6.32. The van der Waals surface area contributed by atoms with Crippen LogP contribution in [0.4, 0.5) is 0 Å². The highest BCUT2D eigenvalue weighted by Crippen LogP contribution is 2.17. The summed E-state index contributed by atoms with van der Waals surface area (Å²) in [4.78, 5) is 11.8. The maximum Gasteiger partial charge on any atom is 0.256 e. The molecular formula is C10H11ClN4O2. The zero-order valence-corrected chi connectivity index (χ0v) is 10.1. The van der Waals surface area contributed by atoms with Gasteiger partial charge in [0.1, 0.15) is 6.33 Å². The monoisotopic (exact) mass is 254 g/mol. The van der Waals surface area contributed by atoms with Gasteiger partial charge in [-0.2, -0.15) is 0 Å². The van der Waals surface area contributed by atoms with Gasteiger partial charge in [0, 0.05) is 7.05 Å². The third-order valence-electron chi connectivity index (χ3n) is 2.34. The molecule has 0 bridgehead atoms. The summed E-state index contributed by atoms with van der Waals surface area (Å²) in [5, 5.41) is 10.5. The maximum atomic E-state index is 11.8. The molecule has 0 aliphatic rings. The standard InChI is InChI=1S/C10H11ClN4O2/c1-6(9-14-12-5-15(9)2)13-10(16)7-3-4-17-8(7)11/h3-6H,1-2H3,(H,13,16). The van der Waals surface area contributed by atoms with Gasteiger partial charge in [-0.3, -0.25) is 4.79 Å². The summed E-state index contributed by atoms with van der Waals surface area (Å²) in [6.07, 6.45) is 2.94. The molecule has 0 saturated heterocycles. The Morgan fingerprint density at radius 1 is 1.65 bits per heavy atom. The molecule has 0 radical (unpaired) electrons. The minimum absolute atomic E-state index is 0.0765. The summed E-state index contributed by atoms with van der Waals surface area (Å²) < 4.78 is 6.59. The number of halogens is 1. The number of nitrogens with zero attached hydrogens (tertiary/aromatic N) is 3. The molecule has 0 spiro atoms. The number of hydrogen-bond acceptors (Lipinski definition) is 4. The summed E-state index contributed by atoms with van der Waals surface area (Å²) in [7, 11) is 1.81. The Morgan fingerprint density at radius 2 is 2.41 bits per heavy atom. The number of rotatable bonds is 3. The van der Waals surface area contributed by atoms with Crippen LogP contribution in [-0.2, 0) is 7.05 Å². The first-order valence-corrected chi connectivity index (χ1v) is 5.35. The predicted molar refractivity (Wildman–Crippen MR) is 60.6 cm³/mol. The molecule has 7 heteroatoms. The first-order valence-electron chi connectivity index (χ1n) is 4.97. The largest absolute Gasteiger partial charge is 0.452 e. The first kappa shape index (κ1) is 11.7. The minimum Gasteiger partial charge on any atom is -0.452 e. The Morgan fingerprint density at radius 3 is 2.94 bits per heavy atom. The van der Waals surface area contributed by atoms with Gasteiger partial charge in [-0.05, 0) is 24.6 Å². The molecule has 0 aromatic carbocycles. The third kappa shape index (κ3) is 2.31. The van der Waals surface area contributed by atoms with Crippen molar-refractivity contribution in [2.45, 2.75) is 13.0 Å². The van der Waals surface area contributed by atoms with Crippen molar-refractivity contribution >= 4 is 17.5 Å². The van der Waals surface area contributed by atoms with E-state index in [0.717, 1.165) is 0 Å². The van der Waals surface area contributed by atoms with Gasteiger partial charge in [-0.1, -0.05) is 0 Å². The summed E-state index contributed by atoms with van der Waals surface area (Å²) in [5.74, 6) is 0.359. The Balaban J connectivity index is 2.10. The second kappa shape index (κ2) is 4.58. The van der Waals surface area contributed by atoms with E-state index in [1.165, 1.54) is 12.3 Å². The number of aryl methyl sites for hydroxylation is 1. The van der Waals surface area contributed by atoms with Crippen LogP contribution in [0.1, 0.15) is 29.1 Å². The predicted octanol–water partition coefficient (Wildman–Crippen LogP) is 1.55. The molecule has 2 aromatic rings. The second-order valence-corrected chi connectivity index (χ2v) is 3.95. The van der Waals surface area contributed by atoms with Gasteiger partial charge < -0.3 is 14.3 Å². The highest BCUT2D eigenvalue weighted by atomic mass is 35.5. The van der Waals surface area contributed by atoms with E-state index in [9.17, 15) is 4.79 Å².